The first-order chi connectivity index (χ1) is 20.5. The Balaban J connectivity index is 2.28. The number of rotatable bonds is 17. The lowest BCUT2D eigenvalue weighted by molar-refractivity contribution is -0.163. The molecule has 0 saturated carbocycles. The Kier molecular flexibility index (Phi) is 14.9. The minimum absolute atomic E-state index is 0.0143. The van der Waals surface area contributed by atoms with E-state index in [1.165, 1.54) is 29.2 Å². The fraction of sp³-hybridized carbons (Fsp3) is 0.467. The van der Waals surface area contributed by atoms with Gasteiger partial charge in [-0.05, 0) is 51.0 Å². The number of carboxylic acid groups (broad SMARTS) is 1. The van der Waals surface area contributed by atoms with Gasteiger partial charge in [-0.3, -0.25) is 9.59 Å². The van der Waals surface area contributed by atoms with Crippen molar-refractivity contribution in [1.29, 1.82) is 0 Å². The molecule has 0 radical (unpaired) electrons. The van der Waals surface area contributed by atoms with Crippen molar-refractivity contribution in [3.8, 4) is 0 Å². The van der Waals surface area contributed by atoms with Gasteiger partial charge in [0.15, 0.2) is 6.29 Å². The maximum absolute atomic E-state index is 13.9. The molecule has 2 rings (SSSR count). The fourth-order valence-electron chi connectivity index (χ4n) is 4.08. The minimum atomic E-state index is -1.42. The van der Waals surface area contributed by atoms with Crippen LogP contribution in [0.1, 0.15) is 38.8 Å². The third-order valence-corrected chi connectivity index (χ3v) is 6.20. The molecule has 0 fully saturated rings. The van der Waals surface area contributed by atoms with Gasteiger partial charge < -0.3 is 40.2 Å². The van der Waals surface area contributed by atoms with E-state index in [1.54, 1.807) is 58.0 Å². The van der Waals surface area contributed by atoms with Crippen molar-refractivity contribution in [2.24, 2.45) is 0 Å². The lowest BCUT2D eigenvalue weighted by Gasteiger charge is -2.34. The van der Waals surface area contributed by atoms with Gasteiger partial charge in [-0.1, -0.05) is 42.5 Å². The molecule has 0 spiro atoms. The summed E-state index contributed by atoms with van der Waals surface area (Å²) in [5.74, 6) is -1.77. The highest BCUT2D eigenvalue weighted by molar-refractivity contribution is 5.92. The van der Waals surface area contributed by atoms with E-state index in [0.29, 0.717) is 24.3 Å². The zero-order chi connectivity index (χ0) is 31.8. The lowest BCUT2D eigenvalue weighted by atomic mass is 10.0. The topological polar surface area (TPSA) is 156 Å². The SMILES string of the molecule is CCOC(CN(C(=O)C(Cc1ccc(F)cc1)NC(=O)C(CNC(=O)O)NC(=O)OCc1ccccc1)C(C)C)OCC. The molecule has 2 aromatic carbocycles. The summed E-state index contributed by atoms with van der Waals surface area (Å²) < 4.78 is 30.0. The quantitative estimate of drug-likeness (QED) is 0.201. The summed E-state index contributed by atoms with van der Waals surface area (Å²) in [6, 6.07) is 11.4. The third kappa shape index (κ3) is 12.7. The van der Waals surface area contributed by atoms with Gasteiger partial charge in [0.1, 0.15) is 24.5 Å². The number of nitrogens with one attached hydrogen (secondary N) is 3. The van der Waals surface area contributed by atoms with Crippen molar-refractivity contribution in [1.82, 2.24) is 20.9 Å². The molecule has 2 aromatic rings. The molecular formula is C30H41FN4O8. The second-order valence-electron chi connectivity index (χ2n) is 9.76. The molecule has 0 aromatic heterocycles. The molecular weight excluding hydrogens is 563 g/mol. The molecule has 2 atom stereocenters. The highest BCUT2D eigenvalue weighted by Gasteiger charge is 2.32. The van der Waals surface area contributed by atoms with Crippen molar-refractivity contribution in [3.05, 3.63) is 71.5 Å². The number of hydrogen-bond acceptors (Lipinski definition) is 7. The average Bonchev–Trinajstić information content (AvgIpc) is 2.97. The third-order valence-electron chi connectivity index (χ3n) is 6.20. The predicted molar refractivity (Wildman–Crippen MR) is 156 cm³/mol. The van der Waals surface area contributed by atoms with Crippen LogP contribution in [0.4, 0.5) is 14.0 Å². The van der Waals surface area contributed by atoms with Crippen LogP contribution in [-0.4, -0.2) is 84.7 Å². The number of carbonyl (C=O) groups is 4. The highest BCUT2D eigenvalue weighted by atomic mass is 19.1. The van der Waals surface area contributed by atoms with Crippen LogP contribution in [-0.2, 0) is 36.8 Å². The standard InChI is InChI=1S/C30H41FN4O8/c1-5-41-26(42-6-2)18-35(20(3)4)28(37)24(16-21-12-14-23(31)15-13-21)33-27(36)25(17-32-29(38)39)34-30(40)43-19-22-10-8-7-9-11-22/h7-15,20,24-26,32H,5-6,16-19H2,1-4H3,(H,33,36)(H,34,40)(H,38,39). The zero-order valence-corrected chi connectivity index (χ0v) is 24.9. The Morgan fingerprint density at radius 3 is 2.07 bits per heavy atom. The van der Waals surface area contributed by atoms with Crippen LogP contribution in [0.5, 0.6) is 0 Å². The van der Waals surface area contributed by atoms with Gasteiger partial charge >= 0.3 is 12.2 Å². The van der Waals surface area contributed by atoms with E-state index < -0.39 is 54.7 Å². The second kappa shape index (κ2) is 18.3. The predicted octanol–water partition coefficient (Wildman–Crippen LogP) is 3.05. The maximum Gasteiger partial charge on any atom is 0.408 e. The number of ether oxygens (including phenoxy) is 3. The molecule has 0 aliphatic carbocycles. The Hall–Kier alpha value is -4.23. The van der Waals surface area contributed by atoms with E-state index in [1.807, 2.05) is 0 Å². The monoisotopic (exact) mass is 604 g/mol. The molecule has 12 nitrogen and oxygen atoms in total. The second-order valence-corrected chi connectivity index (χ2v) is 9.76. The van der Waals surface area contributed by atoms with Crippen molar-refractivity contribution < 1.29 is 42.9 Å². The van der Waals surface area contributed by atoms with Crippen LogP contribution in [0.15, 0.2) is 54.6 Å². The number of hydrogen-bond donors (Lipinski definition) is 4. The van der Waals surface area contributed by atoms with Crippen LogP contribution < -0.4 is 16.0 Å². The van der Waals surface area contributed by atoms with Gasteiger partial charge in [0, 0.05) is 25.7 Å². The summed E-state index contributed by atoms with van der Waals surface area (Å²) in [5.41, 5.74) is 1.27. The van der Waals surface area contributed by atoms with E-state index in [4.69, 9.17) is 19.3 Å². The highest BCUT2D eigenvalue weighted by Crippen LogP contribution is 2.13. The first-order valence-corrected chi connectivity index (χ1v) is 14.1. The van der Waals surface area contributed by atoms with Gasteiger partial charge in [-0.15, -0.1) is 0 Å². The van der Waals surface area contributed by atoms with Crippen molar-refractivity contribution in [2.75, 3.05) is 26.3 Å². The number of carbonyl (C=O) groups excluding carboxylic acids is 3. The Labute approximate surface area is 250 Å². The number of alkyl carbamates (subject to hydrolysis) is 1. The lowest BCUT2D eigenvalue weighted by Crippen LogP contribution is -2.59. The summed E-state index contributed by atoms with van der Waals surface area (Å²) in [6.07, 6.45) is -3.10. The Morgan fingerprint density at radius 1 is 0.884 bits per heavy atom. The summed E-state index contributed by atoms with van der Waals surface area (Å²) >= 11 is 0. The number of benzene rings is 2. The van der Waals surface area contributed by atoms with Crippen LogP contribution in [0.25, 0.3) is 0 Å². The molecule has 0 heterocycles. The summed E-state index contributed by atoms with van der Waals surface area (Å²) in [5, 5.41) is 16.2. The molecule has 0 bridgehead atoms. The molecule has 0 aliphatic rings. The number of amides is 4. The molecule has 2 unspecified atom stereocenters. The molecule has 0 aliphatic heterocycles. The fourth-order valence-corrected chi connectivity index (χ4v) is 4.08. The molecule has 4 amide bonds. The Morgan fingerprint density at radius 2 is 1.51 bits per heavy atom. The molecule has 0 saturated heterocycles. The zero-order valence-electron chi connectivity index (χ0n) is 24.9. The first kappa shape index (κ1) is 35.0. The Bertz CT molecular complexity index is 1160. The van der Waals surface area contributed by atoms with E-state index in [2.05, 4.69) is 16.0 Å². The normalized spacial score (nSPS) is 12.3. The first-order valence-electron chi connectivity index (χ1n) is 14.1. The van der Waals surface area contributed by atoms with Gasteiger partial charge in [0.25, 0.3) is 0 Å². The van der Waals surface area contributed by atoms with Gasteiger partial charge in [-0.2, -0.15) is 0 Å². The summed E-state index contributed by atoms with van der Waals surface area (Å²) in [7, 11) is 0. The van der Waals surface area contributed by atoms with Crippen molar-refractivity contribution >= 4 is 24.0 Å². The van der Waals surface area contributed by atoms with Crippen molar-refractivity contribution in [2.45, 2.75) is 65.1 Å². The van der Waals surface area contributed by atoms with E-state index in [0.717, 1.165) is 0 Å². The van der Waals surface area contributed by atoms with E-state index >= 15 is 0 Å². The maximum atomic E-state index is 13.9. The molecule has 13 heteroatoms. The summed E-state index contributed by atoms with van der Waals surface area (Å²) in [6.45, 7) is 7.40. The van der Waals surface area contributed by atoms with Gasteiger partial charge in [-0.25, -0.2) is 14.0 Å². The van der Waals surface area contributed by atoms with E-state index in [-0.39, 0.29) is 25.6 Å². The van der Waals surface area contributed by atoms with Crippen LogP contribution in [0.2, 0.25) is 0 Å². The van der Waals surface area contributed by atoms with Crippen LogP contribution in [0, 0.1) is 5.82 Å². The average molecular weight is 605 g/mol. The van der Waals surface area contributed by atoms with E-state index in [9.17, 15) is 23.6 Å². The molecule has 4 N–H and O–H groups in total. The smallest absolute Gasteiger partial charge is 0.408 e. The minimum Gasteiger partial charge on any atom is -0.465 e. The largest absolute Gasteiger partial charge is 0.465 e. The molecule has 43 heavy (non-hydrogen) atoms. The van der Waals surface area contributed by atoms with Gasteiger partial charge in [0.05, 0.1) is 13.1 Å². The number of nitrogens with zero attached hydrogens (tertiary/aromatic N) is 1. The number of halogens is 1. The van der Waals surface area contributed by atoms with Crippen molar-refractivity contribution in [3.63, 3.8) is 0 Å². The van der Waals surface area contributed by atoms with Crippen LogP contribution >= 0.6 is 0 Å². The molecule has 236 valence electrons. The van der Waals surface area contributed by atoms with Gasteiger partial charge in [0.2, 0.25) is 11.8 Å². The van der Waals surface area contributed by atoms with Crippen LogP contribution in [0.3, 0.4) is 0 Å². The summed E-state index contributed by atoms with van der Waals surface area (Å²) in [4.78, 5) is 52.6.